The minimum atomic E-state index is -3.70. The summed E-state index contributed by atoms with van der Waals surface area (Å²) in [5, 5.41) is 0. The van der Waals surface area contributed by atoms with Crippen molar-refractivity contribution >= 4 is 19.9 Å². The maximum absolute atomic E-state index is 12.6. The molecule has 0 aromatic heterocycles. The lowest BCUT2D eigenvalue weighted by Crippen LogP contribution is -2.39. The first-order valence-corrected chi connectivity index (χ1v) is 9.97. The summed E-state index contributed by atoms with van der Waals surface area (Å²) >= 11 is 0. The van der Waals surface area contributed by atoms with Crippen molar-refractivity contribution in [1.29, 1.82) is 0 Å². The molecule has 1 atom stereocenters. The van der Waals surface area contributed by atoms with Crippen molar-refractivity contribution in [2.45, 2.75) is 35.6 Å². The molecule has 1 heterocycles. The van der Waals surface area contributed by atoms with Gasteiger partial charge in [0.1, 0.15) is 0 Å². The predicted molar refractivity (Wildman–Crippen MR) is 80.1 cm³/mol. The summed E-state index contributed by atoms with van der Waals surface area (Å²) in [7, 11) is -7.13. The van der Waals surface area contributed by atoms with Crippen molar-refractivity contribution in [2.24, 2.45) is 5.73 Å². The average molecular weight is 332 g/mol. The molecule has 6 nitrogen and oxygen atoms in total. The molecule has 1 aromatic rings. The first-order valence-electron chi connectivity index (χ1n) is 6.87. The highest BCUT2D eigenvalue weighted by Crippen LogP contribution is 2.27. The molecular weight excluding hydrogens is 312 g/mol. The van der Waals surface area contributed by atoms with Gasteiger partial charge in [0.15, 0.2) is 9.84 Å². The predicted octanol–water partition coefficient (Wildman–Crippen LogP) is 0.592. The molecule has 21 heavy (non-hydrogen) atoms. The van der Waals surface area contributed by atoms with E-state index in [9.17, 15) is 16.8 Å². The van der Waals surface area contributed by atoms with Gasteiger partial charge in [-0.25, -0.2) is 16.8 Å². The highest BCUT2D eigenvalue weighted by Gasteiger charge is 2.34. The SMILES string of the molecule is CCS(=O)(=O)c1cccc(S(=O)(=O)N2CCC[C@H]2CN)c1. The molecule has 118 valence electrons. The molecule has 1 aliphatic heterocycles. The molecule has 0 amide bonds. The van der Waals surface area contributed by atoms with E-state index in [0.29, 0.717) is 6.54 Å². The van der Waals surface area contributed by atoms with Gasteiger partial charge in [0.25, 0.3) is 0 Å². The molecule has 1 fully saturated rings. The van der Waals surface area contributed by atoms with E-state index in [1.165, 1.54) is 35.5 Å². The second-order valence-corrected chi connectivity index (χ2v) is 9.19. The Hall–Kier alpha value is -0.960. The highest BCUT2D eigenvalue weighted by molar-refractivity contribution is 7.91. The Bertz CT molecular complexity index is 713. The molecule has 2 N–H and O–H groups in total. The molecule has 0 aliphatic carbocycles. The lowest BCUT2D eigenvalue weighted by atomic mass is 10.2. The summed E-state index contributed by atoms with van der Waals surface area (Å²) in [5.41, 5.74) is 5.62. The van der Waals surface area contributed by atoms with Crippen LogP contribution >= 0.6 is 0 Å². The molecule has 8 heteroatoms. The topological polar surface area (TPSA) is 97.5 Å². The Morgan fingerprint density at radius 3 is 2.52 bits per heavy atom. The van der Waals surface area contributed by atoms with Crippen LogP contribution in [0.3, 0.4) is 0 Å². The molecule has 0 unspecified atom stereocenters. The van der Waals surface area contributed by atoms with E-state index in [0.717, 1.165) is 12.8 Å². The quantitative estimate of drug-likeness (QED) is 0.851. The Morgan fingerprint density at radius 1 is 1.24 bits per heavy atom. The maximum Gasteiger partial charge on any atom is 0.243 e. The zero-order valence-corrected chi connectivity index (χ0v) is 13.5. The molecule has 2 rings (SSSR count). The van der Waals surface area contributed by atoms with Crippen molar-refractivity contribution in [3.05, 3.63) is 24.3 Å². The number of nitrogens with zero attached hydrogens (tertiary/aromatic N) is 1. The van der Waals surface area contributed by atoms with E-state index >= 15 is 0 Å². The number of benzene rings is 1. The Morgan fingerprint density at radius 2 is 1.90 bits per heavy atom. The highest BCUT2D eigenvalue weighted by atomic mass is 32.2. The van der Waals surface area contributed by atoms with Crippen molar-refractivity contribution < 1.29 is 16.8 Å². The molecule has 1 aliphatic rings. The van der Waals surface area contributed by atoms with Gasteiger partial charge in [-0.15, -0.1) is 0 Å². The number of hydrogen-bond acceptors (Lipinski definition) is 5. The number of rotatable bonds is 5. The van der Waals surface area contributed by atoms with Gasteiger partial charge in [0.05, 0.1) is 15.5 Å². The molecular formula is C13H20N2O4S2. The van der Waals surface area contributed by atoms with Crippen LogP contribution in [0.5, 0.6) is 0 Å². The van der Waals surface area contributed by atoms with Crippen LogP contribution in [0.4, 0.5) is 0 Å². The van der Waals surface area contributed by atoms with Gasteiger partial charge in [0.2, 0.25) is 10.0 Å². The third-order valence-corrected chi connectivity index (χ3v) is 7.43. The lowest BCUT2D eigenvalue weighted by molar-refractivity contribution is 0.393. The second-order valence-electron chi connectivity index (χ2n) is 5.03. The van der Waals surface area contributed by atoms with Crippen LogP contribution in [0.2, 0.25) is 0 Å². The van der Waals surface area contributed by atoms with Gasteiger partial charge in [-0.05, 0) is 31.0 Å². The van der Waals surface area contributed by atoms with Crippen LogP contribution in [0, 0.1) is 0 Å². The molecule has 1 aromatic carbocycles. The summed E-state index contributed by atoms with van der Waals surface area (Å²) in [6, 6.07) is 5.34. The fourth-order valence-corrected chi connectivity index (χ4v) is 5.24. The van der Waals surface area contributed by atoms with E-state index in [2.05, 4.69) is 0 Å². The summed E-state index contributed by atoms with van der Waals surface area (Å²) < 4.78 is 50.5. The van der Waals surface area contributed by atoms with Crippen LogP contribution in [-0.2, 0) is 19.9 Å². The normalized spacial score (nSPS) is 20.8. The summed E-state index contributed by atoms with van der Waals surface area (Å²) in [5.74, 6) is -0.0638. The lowest BCUT2D eigenvalue weighted by Gasteiger charge is -2.23. The second kappa shape index (κ2) is 6.04. The molecule has 0 saturated carbocycles. The smallest absolute Gasteiger partial charge is 0.243 e. The maximum atomic E-state index is 12.6. The average Bonchev–Trinajstić information content (AvgIpc) is 2.96. The van der Waals surface area contributed by atoms with Crippen molar-refractivity contribution in [1.82, 2.24) is 4.31 Å². The fourth-order valence-electron chi connectivity index (χ4n) is 2.49. The van der Waals surface area contributed by atoms with E-state index in [1.54, 1.807) is 0 Å². The Balaban J connectivity index is 2.44. The van der Waals surface area contributed by atoms with Crippen LogP contribution in [-0.4, -0.2) is 46.0 Å². The van der Waals surface area contributed by atoms with Gasteiger partial charge in [-0.1, -0.05) is 13.0 Å². The molecule has 0 radical (unpaired) electrons. The standard InChI is InChI=1S/C13H20N2O4S2/c1-2-20(16,17)12-6-3-7-13(9-12)21(18,19)15-8-4-5-11(15)10-14/h3,6-7,9,11H,2,4-5,8,10,14H2,1H3/t11-/m0/s1. The zero-order valence-electron chi connectivity index (χ0n) is 11.9. The monoisotopic (exact) mass is 332 g/mol. The number of sulfonamides is 1. The van der Waals surface area contributed by atoms with E-state index in [1.807, 2.05) is 0 Å². The van der Waals surface area contributed by atoms with Crippen molar-refractivity contribution in [3.63, 3.8) is 0 Å². The van der Waals surface area contributed by atoms with Crippen LogP contribution in [0.15, 0.2) is 34.1 Å². The number of sulfone groups is 1. The van der Waals surface area contributed by atoms with Gasteiger partial charge < -0.3 is 5.73 Å². The van der Waals surface area contributed by atoms with Crippen molar-refractivity contribution in [3.8, 4) is 0 Å². The minimum absolute atomic E-state index is 0.0115. The van der Waals surface area contributed by atoms with Gasteiger partial charge in [-0.2, -0.15) is 4.31 Å². The molecule has 1 saturated heterocycles. The Kier molecular flexibility index (Phi) is 4.72. The van der Waals surface area contributed by atoms with Gasteiger partial charge >= 0.3 is 0 Å². The van der Waals surface area contributed by atoms with E-state index < -0.39 is 19.9 Å². The summed E-state index contributed by atoms with van der Waals surface area (Å²) in [4.78, 5) is 0.0481. The van der Waals surface area contributed by atoms with Crippen molar-refractivity contribution in [2.75, 3.05) is 18.8 Å². The largest absolute Gasteiger partial charge is 0.329 e. The third kappa shape index (κ3) is 3.13. The Labute approximate surface area is 125 Å². The first kappa shape index (κ1) is 16.4. The van der Waals surface area contributed by atoms with Gasteiger partial charge in [-0.3, -0.25) is 0 Å². The van der Waals surface area contributed by atoms with Crippen LogP contribution in [0.25, 0.3) is 0 Å². The molecule has 0 bridgehead atoms. The van der Waals surface area contributed by atoms with E-state index in [4.69, 9.17) is 5.73 Å². The summed E-state index contributed by atoms with van der Waals surface area (Å²) in [6.07, 6.45) is 1.51. The fraction of sp³-hybridized carbons (Fsp3) is 0.538. The number of nitrogens with two attached hydrogens (primary N) is 1. The minimum Gasteiger partial charge on any atom is -0.329 e. The van der Waals surface area contributed by atoms with Crippen LogP contribution in [0.1, 0.15) is 19.8 Å². The number of hydrogen-bond donors (Lipinski definition) is 1. The molecule has 0 spiro atoms. The third-order valence-electron chi connectivity index (χ3n) is 3.75. The zero-order chi connectivity index (χ0) is 15.7. The summed E-state index contributed by atoms with van der Waals surface area (Å²) in [6.45, 7) is 2.22. The van der Waals surface area contributed by atoms with Gasteiger partial charge in [0, 0.05) is 19.1 Å². The van der Waals surface area contributed by atoms with Crippen LogP contribution < -0.4 is 5.73 Å². The first-order chi connectivity index (χ1) is 9.82. The van der Waals surface area contributed by atoms with E-state index in [-0.39, 0.29) is 28.1 Å².